The number of carbonyl (C=O) groups excluding carboxylic acids is 2. The molecule has 0 fully saturated rings. The van der Waals surface area contributed by atoms with Gasteiger partial charge in [0, 0.05) is 41.2 Å². The van der Waals surface area contributed by atoms with Crippen molar-refractivity contribution in [1.29, 1.82) is 0 Å². The number of esters is 1. The fraction of sp³-hybridized carbons (Fsp3) is 0.172. The Morgan fingerprint density at radius 3 is 2.65 bits per heavy atom. The van der Waals surface area contributed by atoms with Gasteiger partial charge in [-0.25, -0.2) is 0 Å². The molecule has 8 heteroatoms. The maximum atomic E-state index is 13.4. The summed E-state index contributed by atoms with van der Waals surface area (Å²) in [6, 6.07) is 13.9. The van der Waals surface area contributed by atoms with Crippen LogP contribution in [0.4, 0.5) is 0 Å². The van der Waals surface area contributed by atoms with Crippen LogP contribution >= 0.6 is 0 Å². The molecule has 0 radical (unpaired) electrons. The second-order valence-corrected chi connectivity index (χ2v) is 9.03. The summed E-state index contributed by atoms with van der Waals surface area (Å²) in [5.74, 6) is 0.787. The van der Waals surface area contributed by atoms with E-state index < -0.39 is 11.9 Å². The molecule has 4 aromatic rings. The van der Waals surface area contributed by atoms with Crippen LogP contribution in [0.25, 0.3) is 17.0 Å². The topological polar surface area (TPSA) is 96.2 Å². The first-order valence-corrected chi connectivity index (χ1v) is 11.7. The van der Waals surface area contributed by atoms with Gasteiger partial charge in [-0.15, -0.1) is 0 Å². The van der Waals surface area contributed by atoms with E-state index in [0.29, 0.717) is 28.4 Å². The Bertz CT molecular complexity index is 1650. The highest BCUT2D eigenvalue weighted by Gasteiger charge is 2.38. The molecular weight excluding hydrogens is 474 g/mol. The summed E-state index contributed by atoms with van der Waals surface area (Å²) in [5.41, 5.74) is 3.54. The number of hydrogen-bond donors (Lipinski definition) is 1. The maximum absolute atomic E-state index is 13.4. The van der Waals surface area contributed by atoms with E-state index in [1.807, 2.05) is 36.0 Å². The number of ether oxygens (including phenoxy) is 4. The van der Waals surface area contributed by atoms with Crippen LogP contribution in [0.1, 0.15) is 39.4 Å². The number of rotatable bonds is 4. The molecule has 6 rings (SSSR count). The van der Waals surface area contributed by atoms with Gasteiger partial charge in [-0.2, -0.15) is 0 Å². The van der Waals surface area contributed by atoms with Gasteiger partial charge in [0.1, 0.15) is 17.2 Å². The maximum Gasteiger partial charge on any atom is 0.312 e. The molecule has 186 valence electrons. The van der Waals surface area contributed by atoms with Crippen molar-refractivity contribution >= 4 is 28.7 Å². The van der Waals surface area contributed by atoms with Crippen LogP contribution < -0.4 is 18.9 Å². The number of allylic oxidation sites excluding steroid dienone is 1. The summed E-state index contributed by atoms with van der Waals surface area (Å²) in [6.07, 6.45) is 3.71. The number of phenols is 1. The molecule has 0 saturated carbocycles. The Kier molecular flexibility index (Phi) is 5.19. The van der Waals surface area contributed by atoms with E-state index in [0.717, 1.165) is 22.0 Å². The minimum Gasteiger partial charge on any atom is -0.504 e. The zero-order valence-electron chi connectivity index (χ0n) is 20.4. The van der Waals surface area contributed by atoms with Crippen molar-refractivity contribution in [1.82, 2.24) is 4.57 Å². The second kappa shape index (κ2) is 8.44. The zero-order valence-corrected chi connectivity index (χ0v) is 20.4. The number of ketones is 1. The third-order valence-electron chi connectivity index (χ3n) is 6.90. The SMILES string of the molecule is COc1ccc2c(c1)c(/C=C1\Oc3c(ccc4c3C(c3ccc(O)c(OC)c3)CC(=O)O4)C1=O)cn2C. The molecule has 3 heterocycles. The first-order valence-electron chi connectivity index (χ1n) is 11.7. The van der Waals surface area contributed by atoms with Crippen LogP contribution in [0.15, 0.2) is 60.5 Å². The predicted molar refractivity (Wildman–Crippen MR) is 136 cm³/mol. The van der Waals surface area contributed by atoms with Gasteiger partial charge >= 0.3 is 5.97 Å². The predicted octanol–water partition coefficient (Wildman–Crippen LogP) is 4.96. The Morgan fingerprint density at radius 2 is 1.86 bits per heavy atom. The minimum absolute atomic E-state index is 0.00786. The molecule has 8 nitrogen and oxygen atoms in total. The molecule has 0 bridgehead atoms. The van der Waals surface area contributed by atoms with Gasteiger partial charge in [0.25, 0.3) is 0 Å². The van der Waals surface area contributed by atoms with E-state index in [9.17, 15) is 14.7 Å². The standard InChI is InChI=1S/C29H23NO7/c1-30-14-16(19-12-17(34-2)5-7-21(19)30)11-25-28(33)18-6-9-23-27(29(18)37-25)20(13-26(32)36-23)15-4-8-22(31)24(10-15)35-3/h4-12,14,20,31H,13H2,1-3H3/b25-11-. The number of phenolic OH excluding ortho intramolecular Hbond substituents is 1. The summed E-state index contributed by atoms with van der Waals surface area (Å²) in [4.78, 5) is 25.9. The van der Waals surface area contributed by atoms with E-state index in [1.54, 1.807) is 37.5 Å². The van der Waals surface area contributed by atoms with Gasteiger partial charge in [-0.3, -0.25) is 9.59 Å². The number of carbonyl (C=O) groups is 2. The molecule has 2 aliphatic rings. The molecule has 0 saturated heterocycles. The molecule has 3 aromatic carbocycles. The van der Waals surface area contributed by atoms with Crippen LogP contribution in [0.3, 0.4) is 0 Å². The average Bonchev–Trinajstić information content (AvgIpc) is 3.39. The summed E-state index contributed by atoms with van der Waals surface area (Å²) in [7, 11) is 5.00. The second-order valence-electron chi connectivity index (χ2n) is 9.03. The fourth-order valence-electron chi connectivity index (χ4n) is 5.09. The number of aromatic nitrogens is 1. The highest BCUT2D eigenvalue weighted by Crippen LogP contribution is 2.49. The first-order chi connectivity index (χ1) is 17.9. The molecule has 0 aliphatic carbocycles. The average molecular weight is 498 g/mol. The lowest BCUT2D eigenvalue weighted by atomic mass is 9.84. The van der Waals surface area contributed by atoms with E-state index in [1.165, 1.54) is 13.2 Å². The monoisotopic (exact) mass is 497 g/mol. The third-order valence-corrected chi connectivity index (χ3v) is 6.90. The van der Waals surface area contributed by atoms with Crippen molar-refractivity contribution < 1.29 is 33.6 Å². The van der Waals surface area contributed by atoms with E-state index >= 15 is 0 Å². The highest BCUT2D eigenvalue weighted by atomic mass is 16.5. The van der Waals surface area contributed by atoms with Gasteiger partial charge in [0.15, 0.2) is 17.3 Å². The van der Waals surface area contributed by atoms with Crippen molar-refractivity contribution in [2.45, 2.75) is 12.3 Å². The largest absolute Gasteiger partial charge is 0.504 e. The van der Waals surface area contributed by atoms with Crippen LogP contribution in [0, 0.1) is 0 Å². The number of fused-ring (bicyclic) bond motifs is 4. The van der Waals surface area contributed by atoms with Crippen molar-refractivity contribution in [3.05, 3.63) is 82.7 Å². The van der Waals surface area contributed by atoms with E-state index in [2.05, 4.69) is 0 Å². The molecule has 2 aliphatic heterocycles. The molecule has 37 heavy (non-hydrogen) atoms. The Morgan fingerprint density at radius 1 is 1.03 bits per heavy atom. The van der Waals surface area contributed by atoms with E-state index in [4.69, 9.17) is 18.9 Å². The molecule has 1 N–H and O–H groups in total. The van der Waals surface area contributed by atoms with Gasteiger partial charge in [0.2, 0.25) is 5.78 Å². The molecule has 0 amide bonds. The van der Waals surface area contributed by atoms with Crippen LogP contribution in [-0.4, -0.2) is 35.6 Å². The Labute approximate surface area is 212 Å². The lowest BCUT2D eigenvalue weighted by Gasteiger charge is -2.26. The van der Waals surface area contributed by atoms with Crippen molar-refractivity contribution in [3.8, 4) is 28.7 Å². The molecular formula is C29H23NO7. The quantitative estimate of drug-likeness (QED) is 0.242. The number of Topliss-reactive ketones (excluding diaryl/α,β-unsaturated/α-hetero) is 1. The Hall–Kier alpha value is -4.72. The smallest absolute Gasteiger partial charge is 0.312 e. The normalized spacial score (nSPS) is 17.4. The molecule has 0 spiro atoms. The lowest BCUT2D eigenvalue weighted by Crippen LogP contribution is -2.21. The summed E-state index contributed by atoms with van der Waals surface area (Å²) in [6.45, 7) is 0. The van der Waals surface area contributed by atoms with Gasteiger partial charge < -0.3 is 28.6 Å². The number of methoxy groups -OCH3 is 2. The zero-order chi connectivity index (χ0) is 25.8. The molecule has 1 unspecified atom stereocenters. The highest BCUT2D eigenvalue weighted by molar-refractivity contribution is 6.15. The summed E-state index contributed by atoms with van der Waals surface area (Å²) < 4.78 is 24.3. The van der Waals surface area contributed by atoms with Gasteiger partial charge in [-0.1, -0.05) is 6.07 Å². The van der Waals surface area contributed by atoms with Crippen molar-refractivity contribution in [2.75, 3.05) is 14.2 Å². The molecule has 1 atom stereocenters. The summed E-state index contributed by atoms with van der Waals surface area (Å²) in [5, 5.41) is 11.0. The molecule has 1 aromatic heterocycles. The first kappa shape index (κ1) is 22.7. The van der Waals surface area contributed by atoms with E-state index in [-0.39, 0.29) is 29.5 Å². The number of benzene rings is 3. The lowest BCUT2D eigenvalue weighted by molar-refractivity contribution is -0.135. The number of nitrogens with zero attached hydrogens (tertiary/aromatic N) is 1. The van der Waals surface area contributed by atoms with Gasteiger partial charge in [0.05, 0.1) is 26.2 Å². The van der Waals surface area contributed by atoms with Crippen LogP contribution in [0.2, 0.25) is 0 Å². The van der Waals surface area contributed by atoms with Crippen LogP contribution in [-0.2, 0) is 11.8 Å². The number of aromatic hydroxyl groups is 1. The van der Waals surface area contributed by atoms with Crippen molar-refractivity contribution in [2.24, 2.45) is 7.05 Å². The third kappa shape index (κ3) is 3.60. The number of aryl methyl sites for hydroxylation is 1. The van der Waals surface area contributed by atoms with Gasteiger partial charge in [-0.05, 0) is 54.1 Å². The summed E-state index contributed by atoms with van der Waals surface area (Å²) >= 11 is 0. The Balaban J connectivity index is 1.46. The minimum atomic E-state index is -0.449. The fourth-order valence-corrected chi connectivity index (χ4v) is 5.09. The number of hydrogen-bond acceptors (Lipinski definition) is 7. The van der Waals surface area contributed by atoms with Crippen molar-refractivity contribution in [3.63, 3.8) is 0 Å². The van der Waals surface area contributed by atoms with Crippen LogP contribution in [0.5, 0.6) is 28.7 Å².